The molecule has 0 aliphatic rings. The molecule has 1 heterocycles. The lowest BCUT2D eigenvalue weighted by Crippen LogP contribution is -2.31. The number of hydrogen-bond donors (Lipinski definition) is 0. The molecule has 0 aliphatic carbocycles. The fourth-order valence-electron chi connectivity index (χ4n) is 2.80. The number of nitriles is 2. The van der Waals surface area contributed by atoms with Crippen LogP contribution in [-0.2, 0) is 6.42 Å². The number of thiazole rings is 1. The molecule has 0 fully saturated rings. The van der Waals surface area contributed by atoms with E-state index in [9.17, 15) is 15.3 Å². The van der Waals surface area contributed by atoms with E-state index >= 15 is 0 Å². The summed E-state index contributed by atoms with van der Waals surface area (Å²) in [6.45, 7) is 2.08. The van der Waals surface area contributed by atoms with Crippen molar-refractivity contribution in [3.63, 3.8) is 0 Å². The monoisotopic (exact) mass is 387 g/mol. The van der Waals surface area contributed by atoms with E-state index in [1.54, 1.807) is 30.3 Å². The zero-order chi connectivity index (χ0) is 20.1. The fourth-order valence-corrected chi connectivity index (χ4v) is 3.85. The van der Waals surface area contributed by atoms with Crippen molar-refractivity contribution in [2.45, 2.75) is 13.3 Å². The molecule has 0 saturated carbocycles. The number of nitrogens with zero attached hydrogens (tertiary/aromatic N) is 3. The van der Waals surface area contributed by atoms with Crippen LogP contribution < -0.4 is 19.5 Å². The number of para-hydroxylation sites is 2. The summed E-state index contributed by atoms with van der Waals surface area (Å²) in [7, 11) is 1.51. The van der Waals surface area contributed by atoms with Gasteiger partial charge in [-0.05, 0) is 35.8 Å². The lowest BCUT2D eigenvalue weighted by atomic mass is 10.1. The molecule has 0 amide bonds. The van der Waals surface area contributed by atoms with Gasteiger partial charge < -0.3 is 4.74 Å². The Hall–Kier alpha value is -3.61. The number of hydrogen-bond acceptors (Lipinski definition) is 5. The Morgan fingerprint density at radius 3 is 2.43 bits per heavy atom. The van der Waals surface area contributed by atoms with Crippen LogP contribution in [0.25, 0.3) is 17.3 Å². The molecule has 28 heavy (non-hydrogen) atoms. The van der Waals surface area contributed by atoms with E-state index in [0.29, 0.717) is 16.0 Å². The average molecular weight is 387 g/mol. The Kier molecular flexibility index (Phi) is 5.74. The molecule has 3 aromatic rings. The topological polar surface area (TPSA) is 78.8 Å². The van der Waals surface area contributed by atoms with E-state index in [1.807, 2.05) is 36.4 Å². The van der Waals surface area contributed by atoms with E-state index < -0.39 is 0 Å². The number of benzene rings is 2. The predicted octanol–water partition coefficient (Wildman–Crippen LogP) is 2.50. The second-order valence-electron chi connectivity index (χ2n) is 5.92. The lowest BCUT2D eigenvalue weighted by Gasteiger charge is -2.08. The van der Waals surface area contributed by atoms with Gasteiger partial charge in [0.2, 0.25) is 0 Å². The van der Waals surface area contributed by atoms with Crippen LogP contribution in [0.4, 0.5) is 0 Å². The summed E-state index contributed by atoms with van der Waals surface area (Å²) >= 11 is 1.12. The van der Waals surface area contributed by atoms with Gasteiger partial charge in [0.1, 0.15) is 22.6 Å². The van der Waals surface area contributed by atoms with Gasteiger partial charge in [-0.25, -0.2) is 0 Å². The Balaban J connectivity index is 2.36. The number of aryl methyl sites for hydroxylation is 1. The van der Waals surface area contributed by atoms with Crippen molar-refractivity contribution in [1.82, 2.24) is 4.57 Å². The minimum absolute atomic E-state index is 0.117. The van der Waals surface area contributed by atoms with Crippen LogP contribution in [0, 0.1) is 22.7 Å². The summed E-state index contributed by atoms with van der Waals surface area (Å²) in [6, 6.07) is 18.7. The molecule has 0 atom stereocenters. The van der Waals surface area contributed by atoms with Crippen molar-refractivity contribution >= 4 is 23.0 Å². The van der Waals surface area contributed by atoms with Crippen LogP contribution in [0.5, 0.6) is 5.75 Å². The third-order valence-corrected chi connectivity index (χ3v) is 5.37. The second kappa shape index (κ2) is 8.39. The van der Waals surface area contributed by atoms with Gasteiger partial charge in [0, 0.05) is 0 Å². The van der Waals surface area contributed by atoms with Crippen molar-refractivity contribution in [2.24, 2.45) is 0 Å². The first-order valence-electron chi connectivity index (χ1n) is 8.63. The molecule has 0 saturated heterocycles. The SMILES string of the molecule is CCc1ccc(/C=c2\sc(=C(C#N)C#N)n(-c3ccccc3OC)c2=O)cc1. The summed E-state index contributed by atoms with van der Waals surface area (Å²) in [5, 5.41) is 18.7. The van der Waals surface area contributed by atoms with E-state index in [1.165, 1.54) is 17.2 Å². The minimum atomic E-state index is -0.299. The largest absolute Gasteiger partial charge is 0.495 e. The molecule has 0 radical (unpaired) electrons. The molecule has 0 spiro atoms. The van der Waals surface area contributed by atoms with Crippen molar-refractivity contribution in [3.8, 4) is 23.6 Å². The smallest absolute Gasteiger partial charge is 0.273 e. The number of rotatable bonds is 4. The maximum absolute atomic E-state index is 13.2. The molecule has 0 aliphatic heterocycles. The first-order chi connectivity index (χ1) is 13.6. The Morgan fingerprint density at radius 1 is 1.14 bits per heavy atom. The molecule has 3 rings (SSSR count). The highest BCUT2D eigenvalue weighted by Gasteiger charge is 2.14. The predicted molar refractivity (Wildman–Crippen MR) is 110 cm³/mol. The highest BCUT2D eigenvalue weighted by Crippen LogP contribution is 2.19. The minimum Gasteiger partial charge on any atom is -0.495 e. The molecule has 0 N–H and O–H groups in total. The first kappa shape index (κ1) is 19.2. The molecular formula is C22H17N3O2S. The normalized spacial score (nSPS) is 10.9. The van der Waals surface area contributed by atoms with Gasteiger partial charge in [-0.1, -0.05) is 43.3 Å². The lowest BCUT2D eigenvalue weighted by molar-refractivity contribution is 0.412. The van der Waals surface area contributed by atoms with Gasteiger partial charge in [0.15, 0.2) is 5.57 Å². The molecular weight excluding hydrogens is 370 g/mol. The highest BCUT2D eigenvalue weighted by atomic mass is 32.1. The molecule has 5 nitrogen and oxygen atoms in total. The molecule has 6 heteroatoms. The van der Waals surface area contributed by atoms with Crippen LogP contribution in [0.1, 0.15) is 18.1 Å². The van der Waals surface area contributed by atoms with Gasteiger partial charge in [0.25, 0.3) is 5.56 Å². The zero-order valence-corrected chi connectivity index (χ0v) is 16.3. The quantitative estimate of drug-likeness (QED) is 0.689. The van der Waals surface area contributed by atoms with Crippen LogP contribution in [0.3, 0.4) is 0 Å². The van der Waals surface area contributed by atoms with Crippen molar-refractivity contribution in [1.29, 1.82) is 10.5 Å². The van der Waals surface area contributed by atoms with E-state index in [4.69, 9.17) is 4.74 Å². The molecule has 1 aromatic heterocycles. The summed E-state index contributed by atoms with van der Waals surface area (Å²) in [6.07, 6.45) is 2.71. The number of methoxy groups -OCH3 is 1. The van der Waals surface area contributed by atoms with Crippen LogP contribution in [0.15, 0.2) is 53.3 Å². The molecule has 0 bridgehead atoms. The summed E-state index contributed by atoms with van der Waals surface area (Å²) in [5.74, 6) is 0.484. The summed E-state index contributed by atoms with van der Waals surface area (Å²) in [5.41, 5.74) is 2.16. The van der Waals surface area contributed by atoms with Crippen LogP contribution >= 0.6 is 11.3 Å². The summed E-state index contributed by atoms with van der Waals surface area (Å²) < 4.78 is 7.47. The Labute approximate surface area is 166 Å². The summed E-state index contributed by atoms with van der Waals surface area (Å²) in [4.78, 5) is 13.2. The fraction of sp³-hybridized carbons (Fsp3) is 0.136. The maximum Gasteiger partial charge on any atom is 0.273 e. The van der Waals surface area contributed by atoms with Gasteiger partial charge in [-0.15, -0.1) is 11.3 Å². The third-order valence-electron chi connectivity index (χ3n) is 4.27. The van der Waals surface area contributed by atoms with Crippen LogP contribution in [-0.4, -0.2) is 11.7 Å². The highest BCUT2D eigenvalue weighted by molar-refractivity contribution is 7.07. The van der Waals surface area contributed by atoms with Gasteiger partial charge in [-0.3, -0.25) is 9.36 Å². The number of aromatic nitrogens is 1. The Bertz CT molecular complexity index is 1250. The van der Waals surface area contributed by atoms with Crippen molar-refractivity contribution in [2.75, 3.05) is 7.11 Å². The van der Waals surface area contributed by atoms with Gasteiger partial charge >= 0.3 is 0 Å². The molecule has 2 aromatic carbocycles. The molecule has 138 valence electrons. The van der Waals surface area contributed by atoms with Crippen LogP contribution in [0.2, 0.25) is 0 Å². The van der Waals surface area contributed by atoms with E-state index in [2.05, 4.69) is 6.92 Å². The zero-order valence-electron chi connectivity index (χ0n) is 15.5. The molecule has 0 unspecified atom stereocenters. The second-order valence-corrected chi connectivity index (χ2v) is 6.95. The third kappa shape index (κ3) is 3.59. The Morgan fingerprint density at radius 2 is 1.82 bits per heavy atom. The van der Waals surface area contributed by atoms with Gasteiger partial charge in [0.05, 0.1) is 17.3 Å². The number of ether oxygens (including phenoxy) is 1. The standard InChI is InChI=1S/C22H17N3O2S/c1-3-15-8-10-16(11-9-15)12-20-21(26)25(22(28-20)17(13-23)14-24)18-6-4-5-7-19(18)27-2/h4-12H,3H2,1-2H3/b20-12-. The van der Waals surface area contributed by atoms with Crippen molar-refractivity contribution in [3.05, 3.63) is 79.2 Å². The van der Waals surface area contributed by atoms with E-state index in [-0.39, 0.29) is 15.8 Å². The first-order valence-corrected chi connectivity index (χ1v) is 9.45. The average Bonchev–Trinajstić information content (AvgIpc) is 3.05. The van der Waals surface area contributed by atoms with Crippen molar-refractivity contribution < 1.29 is 4.74 Å². The maximum atomic E-state index is 13.2. The van der Waals surface area contributed by atoms with E-state index in [0.717, 1.165) is 23.3 Å². The van der Waals surface area contributed by atoms with Gasteiger partial charge in [-0.2, -0.15) is 10.5 Å².